The monoisotopic (exact) mass is 485 g/mol. The van der Waals surface area contributed by atoms with Crippen LogP contribution in [0.2, 0.25) is 0 Å². The van der Waals surface area contributed by atoms with Crippen LogP contribution in [-0.4, -0.2) is 64.8 Å². The van der Waals surface area contributed by atoms with Crippen LogP contribution in [0.3, 0.4) is 0 Å². The number of thiophene rings is 1. The Bertz CT molecular complexity index is 1320. The Balaban J connectivity index is 1.71. The van der Waals surface area contributed by atoms with Crippen molar-refractivity contribution in [1.29, 1.82) is 0 Å². The molecule has 5 heterocycles. The Morgan fingerprint density at radius 1 is 1.39 bits per heavy atom. The Morgan fingerprint density at radius 2 is 2.24 bits per heavy atom. The lowest BCUT2D eigenvalue weighted by Crippen LogP contribution is -2.44. The molecule has 33 heavy (non-hydrogen) atoms. The fourth-order valence-electron chi connectivity index (χ4n) is 4.15. The summed E-state index contributed by atoms with van der Waals surface area (Å²) in [6.45, 7) is 8.12. The van der Waals surface area contributed by atoms with Gasteiger partial charge in [-0.1, -0.05) is 0 Å². The molecule has 1 unspecified atom stereocenters. The van der Waals surface area contributed by atoms with E-state index >= 15 is 0 Å². The van der Waals surface area contributed by atoms with E-state index < -0.39 is 11.3 Å². The van der Waals surface area contributed by atoms with Gasteiger partial charge >= 0.3 is 0 Å². The van der Waals surface area contributed by atoms with Gasteiger partial charge in [-0.2, -0.15) is 0 Å². The summed E-state index contributed by atoms with van der Waals surface area (Å²) >= 11 is -0.768. The molecule has 1 aliphatic heterocycles. The van der Waals surface area contributed by atoms with Crippen LogP contribution in [0, 0.1) is 0 Å². The minimum atomic E-state index is -2.33. The summed E-state index contributed by atoms with van der Waals surface area (Å²) in [6, 6.07) is 3.90. The average molecular weight is 486 g/mol. The van der Waals surface area contributed by atoms with Crippen molar-refractivity contribution < 1.29 is 13.5 Å². The van der Waals surface area contributed by atoms with Crippen molar-refractivity contribution in [1.82, 2.24) is 24.2 Å². The van der Waals surface area contributed by atoms with Gasteiger partial charge in [-0.15, -0.1) is 11.3 Å². The summed E-state index contributed by atoms with van der Waals surface area (Å²) in [5.74, 6) is 1.46. The van der Waals surface area contributed by atoms with Crippen molar-refractivity contribution in [3.05, 3.63) is 35.5 Å². The fraction of sp³-hybridized carbons (Fsp3) is 0.409. The van der Waals surface area contributed by atoms with Gasteiger partial charge in [-0.05, 0) is 38.3 Å². The van der Waals surface area contributed by atoms with Crippen molar-refractivity contribution in [3.8, 4) is 11.4 Å². The van der Waals surface area contributed by atoms with Crippen LogP contribution < -0.4 is 4.90 Å². The van der Waals surface area contributed by atoms with Crippen molar-refractivity contribution in [2.45, 2.75) is 39.4 Å². The zero-order valence-electron chi connectivity index (χ0n) is 18.6. The Labute approximate surface area is 198 Å². The highest BCUT2D eigenvalue weighted by Crippen LogP contribution is 2.37. The topological polar surface area (TPSA) is 110 Å². The van der Waals surface area contributed by atoms with E-state index in [2.05, 4.69) is 21.8 Å². The smallest absolute Gasteiger partial charge is 0.163 e. The van der Waals surface area contributed by atoms with Crippen LogP contribution in [0.1, 0.15) is 26.3 Å². The largest absolute Gasteiger partial charge is 0.760 e. The van der Waals surface area contributed by atoms with E-state index in [1.54, 1.807) is 17.5 Å². The minimum absolute atomic E-state index is 0.155. The molecule has 0 spiro atoms. The normalized spacial score (nSPS) is 18.1. The first kappa shape index (κ1) is 22.4. The summed E-state index contributed by atoms with van der Waals surface area (Å²) in [4.78, 5) is 19.8. The molecule has 0 aliphatic carbocycles. The van der Waals surface area contributed by atoms with Crippen LogP contribution in [0.4, 0.5) is 5.82 Å². The van der Waals surface area contributed by atoms with Gasteiger partial charge in [0.2, 0.25) is 0 Å². The lowest BCUT2D eigenvalue weighted by molar-refractivity contribution is 0.0987. The van der Waals surface area contributed by atoms with E-state index in [0.717, 1.165) is 44.7 Å². The molecule has 2 atom stereocenters. The van der Waals surface area contributed by atoms with Crippen molar-refractivity contribution >= 4 is 49.7 Å². The van der Waals surface area contributed by atoms with E-state index in [9.17, 15) is 8.76 Å². The number of morpholine rings is 1. The molecule has 1 saturated heterocycles. The number of anilines is 1. The molecule has 0 amide bonds. The number of aromatic nitrogens is 4. The van der Waals surface area contributed by atoms with Gasteiger partial charge in [-0.25, -0.2) is 19.3 Å². The van der Waals surface area contributed by atoms with Gasteiger partial charge in [0.05, 0.1) is 29.5 Å². The highest BCUT2D eigenvalue weighted by Gasteiger charge is 2.26. The third-order valence-corrected chi connectivity index (χ3v) is 7.85. The summed E-state index contributed by atoms with van der Waals surface area (Å²) in [7, 11) is 0. The Kier molecular flexibility index (Phi) is 6.14. The number of ether oxygens (including phenoxy) is 1. The molecule has 1 fully saturated rings. The summed E-state index contributed by atoms with van der Waals surface area (Å²) in [5, 5.41) is 2.94. The SMILES string of the molecule is CC(C)N(Cc1csc2c(N3CCOC[C@H]3C)nc(-c3ccnc4[nH]ccc34)nc12)S(=O)[O-]. The number of nitrogens with one attached hydrogen (secondary N) is 1. The lowest BCUT2D eigenvalue weighted by Gasteiger charge is -2.34. The molecular formula is C22H25N6O3S2-. The van der Waals surface area contributed by atoms with Crippen LogP contribution in [0.25, 0.3) is 32.6 Å². The first-order valence-corrected chi connectivity index (χ1v) is 12.8. The minimum Gasteiger partial charge on any atom is -0.760 e. The molecule has 9 nitrogen and oxygen atoms in total. The third kappa shape index (κ3) is 4.15. The maximum atomic E-state index is 11.8. The van der Waals surface area contributed by atoms with Gasteiger partial charge in [0.25, 0.3) is 0 Å². The lowest BCUT2D eigenvalue weighted by atomic mass is 10.1. The second-order valence-corrected chi connectivity index (χ2v) is 10.2. The first-order valence-electron chi connectivity index (χ1n) is 10.8. The summed E-state index contributed by atoms with van der Waals surface area (Å²) < 4.78 is 31.7. The van der Waals surface area contributed by atoms with E-state index in [-0.39, 0.29) is 18.6 Å². The molecule has 0 saturated carbocycles. The summed E-state index contributed by atoms with van der Waals surface area (Å²) in [6.07, 6.45) is 3.60. The predicted octanol–water partition coefficient (Wildman–Crippen LogP) is 3.46. The predicted molar refractivity (Wildman–Crippen MR) is 130 cm³/mol. The van der Waals surface area contributed by atoms with E-state index in [1.807, 2.05) is 37.6 Å². The number of nitrogens with zero attached hydrogens (tertiary/aromatic N) is 5. The van der Waals surface area contributed by atoms with Crippen molar-refractivity contribution in [3.63, 3.8) is 0 Å². The maximum Gasteiger partial charge on any atom is 0.163 e. The van der Waals surface area contributed by atoms with Gasteiger partial charge in [0, 0.05) is 59.3 Å². The number of aromatic amines is 1. The fourth-order valence-corrected chi connectivity index (χ4v) is 5.74. The quantitative estimate of drug-likeness (QED) is 0.416. The Hall–Kier alpha value is -2.44. The van der Waals surface area contributed by atoms with Crippen LogP contribution in [-0.2, 0) is 22.5 Å². The molecular weight excluding hydrogens is 460 g/mol. The highest BCUT2D eigenvalue weighted by molar-refractivity contribution is 7.76. The number of fused-ring (bicyclic) bond motifs is 2. The molecule has 11 heteroatoms. The summed E-state index contributed by atoms with van der Waals surface area (Å²) in [5.41, 5.74) is 3.32. The van der Waals surface area contributed by atoms with Crippen LogP contribution in [0.5, 0.6) is 0 Å². The number of H-pyrrole nitrogens is 1. The first-order chi connectivity index (χ1) is 15.9. The second kappa shape index (κ2) is 9.07. The number of rotatable bonds is 6. The highest BCUT2D eigenvalue weighted by atomic mass is 32.2. The van der Waals surface area contributed by atoms with E-state index in [0.29, 0.717) is 19.0 Å². The molecule has 0 radical (unpaired) electrons. The molecule has 0 aromatic carbocycles. The molecule has 1 N–H and O–H groups in total. The van der Waals surface area contributed by atoms with Crippen LogP contribution >= 0.6 is 11.3 Å². The van der Waals surface area contributed by atoms with Crippen molar-refractivity contribution in [2.75, 3.05) is 24.7 Å². The molecule has 4 aromatic heterocycles. The average Bonchev–Trinajstić information content (AvgIpc) is 3.43. The van der Waals surface area contributed by atoms with Gasteiger partial charge < -0.3 is 19.2 Å². The zero-order chi connectivity index (χ0) is 23.1. The third-order valence-electron chi connectivity index (χ3n) is 5.91. The molecule has 1 aliphatic rings. The number of hydrogen-bond donors (Lipinski definition) is 1. The molecule has 5 rings (SSSR count). The number of hydrogen-bond acceptors (Lipinski definition) is 8. The van der Waals surface area contributed by atoms with Gasteiger partial charge in [0.15, 0.2) is 11.6 Å². The van der Waals surface area contributed by atoms with Gasteiger partial charge in [0.1, 0.15) is 5.65 Å². The van der Waals surface area contributed by atoms with Gasteiger partial charge in [-0.3, -0.25) is 4.21 Å². The number of pyridine rings is 1. The van der Waals surface area contributed by atoms with Crippen molar-refractivity contribution in [2.24, 2.45) is 0 Å². The zero-order valence-corrected chi connectivity index (χ0v) is 20.3. The molecule has 4 aromatic rings. The van der Waals surface area contributed by atoms with E-state index in [1.165, 1.54) is 4.31 Å². The Morgan fingerprint density at radius 3 is 3.00 bits per heavy atom. The molecule has 174 valence electrons. The van der Waals surface area contributed by atoms with Crippen LogP contribution in [0.15, 0.2) is 29.9 Å². The second-order valence-electron chi connectivity index (χ2n) is 8.41. The van der Waals surface area contributed by atoms with E-state index in [4.69, 9.17) is 14.7 Å². The molecule has 0 bridgehead atoms. The standard InChI is InChI=1S/C22H26N6O3S2/c1-13(2)28(33(29)30)10-15-12-32-19-18(15)25-21(17-5-7-24-20-16(17)4-6-23-20)26-22(19)27-8-9-31-11-14(27)3/h4-7,12-14H,8-11H2,1-3H3,(H,23,24)(H,29,30)/p-1/t14-/m1/s1. The maximum absolute atomic E-state index is 11.8.